The van der Waals surface area contributed by atoms with E-state index >= 15 is 0 Å². The van der Waals surface area contributed by atoms with Crippen molar-refractivity contribution in [1.29, 1.82) is 0 Å². The predicted octanol–water partition coefficient (Wildman–Crippen LogP) is 2.71. The fourth-order valence-electron chi connectivity index (χ4n) is 1.76. The Hall–Kier alpha value is -1.37. The summed E-state index contributed by atoms with van der Waals surface area (Å²) in [6.45, 7) is 2.21. The molecular weight excluding hydrogens is 322 g/mol. The minimum atomic E-state index is 0.687. The van der Waals surface area contributed by atoms with E-state index < -0.39 is 0 Å². The van der Waals surface area contributed by atoms with Crippen molar-refractivity contribution in [2.24, 2.45) is 7.05 Å². The van der Waals surface area contributed by atoms with Gasteiger partial charge in [0.15, 0.2) is 5.75 Å². The largest absolute Gasteiger partial charge is 0.454 e. The molecule has 2 rings (SSSR count). The number of nitrogens with zero attached hydrogens (tertiary/aromatic N) is 2. The van der Waals surface area contributed by atoms with E-state index in [0.717, 1.165) is 34.6 Å². The number of ether oxygens (including phenoxy) is 2. The van der Waals surface area contributed by atoms with Crippen LogP contribution in [-0.2, 0) is 18.3 Å². The lowest BCUT2D eigenvalue weighted by Crippen LogP contribution is -2.18. The first-order chi connectivity index (χ1) is 9.69. The van der Waals surface area contributed by atoms with Crippen molar-refractivity contribution in [1.82, 2.24) is 15.1 Å². The van der Waals surface area contributed by atoms with Crippen LogP contribution in [0.3, 0.4) is 0 Å². The lowest BCUT2D eigenvalue weighted by molar-refractivity contribution is 0.199. The van der Waals surface area contributed by atoms with E-state index in [1.165, 1.54) is 0 Å². The zero-order valence-corrected chi connectivity index (χ0v) is 13.2. The van der Waals surface area contributed by atoms with Crippen LogP contribution < -0.4 is 10.1 Å². The average Bonchev–Trinajstić information content (AvgIpc) is 2.83. The third kappa shape index (κ3) is 4.33. The highest BCUT2D eigenvalue weighted by Crippen LogP contribution is 2.27. The quantitative estimate of drug-likeness (QED) is 0.788. The van der Waals surface area contributed by atoms with Gasteiger partial charge in [-0.1, -0.05) is 15.9 Å². The second-order valence-electron chi connectivity index (χ2n) is 4.37. The van der Waals surface area contributed by atoms with Crippen molar-refractivity contribution in [2.75, 3.05) is 20.3 Å². The van der Waals surface area contributed by atoms with Crippen LogP contribution in [0.1, 0.15) is 5.56 Å². The number of nitrogens with one attached hydrogen (secondary N) is 1. The molecule has 0 aliphatic heterocycles. The van der Waals surface area contributed by atoms with Crippen LogP contribution in [-0.4, -0.2) is 30.0 Å². The van der Waals surface area contributed by atoms with Crippen LogP contribution in [0.4, 0.5) is 0 Å². The maximum atomic E-state index is 5.87. The summed E-state index contributed by atoms with van der Waals surface area (Å²) in [6.07, 6.45) is 3.54. The Morgan fingerprint density at radius 1 is 1.40 bits per heavy atom. The van der Waals surface area contributed by atoms with Crippen molar-refractivity contribution in [2.45, 2.75) is 6.54 Å². The molecule has 0 bridgehead atoms. The molecule has 0 saturated heterocycles. The summed E-state index contributed by atoms with van der Waals surface area (Å²) in [6, 6.07) is 5.96. The molecule has 2 aromatic rings. The first-order valence-electron chi connectivity index (χ1n) is 6.33. The van der Waals surface area contributed by atoms with Gasteiger partial charge in [-0.05, 0) is 18.2 Å². The normalized spacial score (nSPS) is 10.8. The lowest BCUT2D eigenvalue weighted by atomic mass is 10.2. The van der Waals surface area contributed by atoms with Crippen molar-refractivity contribution in [3.8, 4) is 11.5 Å². The van der Waals surface area contributed by atoms with E-state index in [4.69, 9.17) is 9.47 Å². The lowest BCUT2D eigenvalue weighted by Gasteiger charge is -2.11. The van der Waals surface area contributed by atoms with E-state index in [9.17, 15) is 0 Å². The maximum Gasteiger partial charge on any atom is 0.165 e. The highest BCUT2D eigenvalue weighted by Gasteiger charge is 2.07. The molecule has 0 unspecified atom stereocenters. The fourth-order valence-corrected chi connectivity index (χ4v) is 2.17. The number of halogens is 1. The number of hydrogen-bond donors (Lipinski definition) is 1. The van der Waals surface area contributed by atoms with E-state index in [1.54, 1.807) is 18.0 Å². The Kier molecular flexibility index (Phi) is 5.58. The second kappa shape index (κ2) is 7.42. The Bertz CT molecular complexity index is 557. The highest BCUT2D eigenvalue weighted by molar-refractivity contribution is 9.10. The number of benzene rings is 1. The third-order valence-corrected chi connectivity index (χ3v) is 3.22. The molecule has 108 valence electrons. The van der Waals surface area contributed by atoms with Gasteiger partial charge in [-0.15, -0.1) is 0 Å². The summed E-state index contributed by atoms with van der Waals surface area (Å²) in [5, 5.41) is 7.41. The van der Waals surface area contributed by atoms with Crippen molar-refractivity contribution in [3.05, 3.63) is 40.6 Å². The minimum Gasteiger partial charge on any atom is -0.454 e. The van der Waals surface area contributed by atoms with Gasteiger partial charge < -0.3 is 14.8 Å². The number of rotatable bonds is 7. The zero-order chi connectivity index (χ0) is 14.4. The molecular formula is C14H18BrN3O2. The molecule has 5 nitrogen and oxygen atoms in total. The van der Waals surface area contributed by atoms with E-state index in [2.05, 4.69) is 26.3 Å². The van der Waals surface area contributed by atoms with Crippen LogP contribution in [0.2, 0.25) is 0 Å². The summed E-state index contributed by atoms with van der Waals surface area (Å²) >= 11 is 3.48. The van der Waals surface area contributed by atoms with Gasteiger partial charge in [-0.25, -0.2) is 0 Å². The van der Waals surface area contributed by atoms with Crippen LogP contribution in [0.25, 0.3) is 0 Å². The highest BCUT2D eigenvalue weighted by atomic mass is 79.9. The van der Waals surface area contributed by atoms with Crippen molar-refractivity contribution >= 4 is 15.9 Å². The standard InChI is InChI=1S/C14H18BrN3O2/c1-18-10-13(9-17-18)20-14-4-3-12(15)7-11(14)8-16-5-6-19-2/h3-4,7,9-10,16H,5-6,8H2,1-2H3. The molecule has 0 atom stereocenters. The topological polar surface area (TPSA) is 48.3 Å². The summed E-state index contributed by atoms with van der Waals surface area (Å²) in [4.78, 5) is 0. The van der Waals surface area contributed by atoms with Gasteiger partial charge in [0.05, 0.1) is 19.0 Å². The molecule has 1 heterocycles. The number of aryl methyl sites for hydroxylation is 1. The first kappa shape index (κ1) is 15.0. The van der Waals surface area contributed by atoms with Crippen molar-refractivity contribution in [3.63, 3.8) is 0 Å². The molecule has 0 radical (unpaired) electrons. The Morgan fingerprint density at radius 3 is 2.95 bits per heavy atom. The summed E-state index contributed by atoms with van der Waals surface area (Å²) in [7, 11) is 3.55. The number of methoxy groups -OCH3 is 1. The van der Waals surface area contributed by atoms with E-state index in [1.807, 2.05) is 31.4 Å². The molecule has 20 heavy (non-hydrogen) atoms. The van der Waals surface area contributed by atoms with Gasteiger partial charge in [-0.2, -0.15) is 5.10 Å². The Morgan fingerprint density at radius 2 is 2.25 bits per heavy atom. The first-order valence-corrected chi connectivity index (χ1v) is 7.13. The molecule has 0 aliphatic carbocycles. The fraction of sp³-hybridized carbons (Fsp3) is 0.357. The van der Waals surface area contributed by atoms with Gasteiger partial charge in [0.2, 0.25) is 0 Å². The smallest absolute Gasteiger partial charge is 0.165 e. The molecule has 0 spiro atoms. The van der Waals surface area contributed by atoms with Crippen LogP contribution in [0, 0.1) is 0 Å². The van der Waals surface area contributed by atoms with Gasteiger partial charge in [0.1, 0.15) is 5.75 Å². The number of aromatic nitrogens is 2. The maximum absolute atomic E-state index is 5.87. The predicted molar refractivity (Wildman–Crippen MR) is 81.0 cm³/mol. The minimum absolute atomic E-state index is 0.687. The SMILES string of the molecule is COCCNCc1cc(Br)ccc1Oc1cnn(C)c1. The molecule has 1 aromatic carbocycles. The summed E-state index contributed by atoms with van der Waals surface area (Å²) in [5.74, 6) is 1.55. The molecule has 0 aliphatic rings. The summed E-state index contributed by atoms with van der Waals surface area (Å²) in [5.41, 5.74) is 1.08. The van der Waals surface area contributed by atoms with Crippen molar-refractivity contribution < 1.29 is 9.47 Å². The number of hydrogen-bond acceptors (Lipinski definition) is 4. The van der Waals surface area contributed by atoms with Gasteiger partial charge in [-0.3, -0.25) is 4.68 Å². The van der Waals surface area contributed by atoms with Gasteiger partial charge in [0, 0.05) is 37.3 Å². The molecule has 1 aromatic heterocycles. The van der Waals surface area contributed by atoms with Gasteiger partial charge in [0.25, 0.3) is 0 Å². The molecule has 6 heteroatoms. The Balaban J connectivity index is 2.06. The zero-order valence-electron chi connectivity index (χ0n) is 11.6. The third-order valence-electron chi connectivity index (χ3n) is 2.73. The van der Waals surface area contributed by atoms with Crippen LogP contribution >= 0.6 is 15.9 Å². The monoisotopic (exact) mass is 339 g/mol. The molecule has 1 N–H and O–H groups in total. The molecule has 0 amide bonds. The van der Waals surface area contributed by atoms with Gasteiger partial charge >= 0.3 is 0 Å². The molecule has 0 fully saturated rings. The Labute approximate surface area is 127 Å². The summed E-state index contributed by atoms with van der Waals surface area (Å²) < 4.78 is 13.6. The second-order valence-corrected chi connectivity index (χ2v) is 5.29. The van der Waals surface area contributed by atoms with Crippen LogP contribution in [0.5, 0.6) is 11.5 Å². The van der Waals surface area contributed by atoms with E-state index in [0.29, 0.717) is 6.61 Å². The van der Waals surface area contributed by atoms with E-state index in [-0.39, 0.29) is 0 Å². The van der Waals surface area contributed by atoms with Crippen LogP contribution in [0.15, 0.2) is 35.1 Å². The molecule has 0 saturated carbocycles. The average molecular weight is 340 g/mol.